The lowest BCUT2D eigenvalue weighted by Crippen LogP contribution is -2.10. The third-order valence-corrected chi connectivity index (χ3v) is 0.563. The first-order valence-electron chi connectivity index (χ1n) is 2.49. The summed E-state index contributed by atoms with van der Waals surface area (Å²) < 4.78 is 15.8. The van der Waals surface area contributed by atoms with Crippen molar-refractivity contribution < 1.29 is 13.9 Å². The summed E-state index contributed by atoms with van der Waals surface area (Å²) in [4.78, 5) is 9.80. The molecule has 0 spiro atoms. The molecule has 1 amide bonds. The third kappa shape index (κ3) is 4.80. The molecular formula is C5H8FNO2. The van der Waals surface area contributed by atoms with E-state index in [0.717, 1.165) is 6.08 Å². The SMILES string of the molecule is CC/C=C(\F)OC(N)=O. The summed E-state index contributed by atoms with van der Waals surface area (Å²) in [6, 6.07) is -0.940. The van der Waals surface area contributed by atoms with Crippen LogP contribution in [0.15, 0.2) is 12.1 Å². The molecule has 0 saturated carbocycles. The van der Waals surface area contributed by atoms with Crippen LogP contribution in [0.3, 0.4) is 0 Å². The highest BCUT2D eigenvalue weighted by Crippen LogP contribution is 1.98. The summed E-state index contributed by atoms with van der Waals surface area (Å²) in [6.45, 7) is 1.71. The summed E-state index contributed by atoms with van der Waals surface area (Å²) in [5, 5.41) is 0. The Morgan fingerprint density at radius 1 is 1.89 bits per heavy atom. The molecule has 0 saturated heterocycles. The zero-order chi connectivity index (χ0) is 7.28. The van der Waals surface area contributed by atoms with Gasteiger partial charge in [-0.15, -0.1) is 0 Å². The minimum absolute atomic E-state index is 0.471. The van der Waals surface area contributed by atoms with Crippen molar-refractivity contribution in [1.29, 1.82) is 0 Å². The molecule has 0 heterocycles. The highest BCUT2D eigenvalue weighted by atomic mass is 19.1. The molecule has 0 aromatic rings. The summed E-state index contributed by atoms with van der Waals surface area (Å²) >= 11 is 0. The molecule has 0 aromatic carbocycles. The van der Waals surface area contributed by atoms with Crippen molar-refractivity contribution in [2.45, 2.75) is 13.3 Å². The van der Waals surface area contributed by atoms with Gasteiger partial charge in [-0.05, 0) is 12.5 Å². The highest BCUT2D eigenvalue weighted by molar-refractivity contribution is 5.65. The van der Waals surface area contributed by atoms with Gasteiger partial charge in [-0.2, -0.15) is 4.39 Å². The van der Waals surface area contributed by atoms with Crippen molar-refractivity contribution in [3.8, 4) is 0 Å². The molecule has 4 heteroatoms. The van der Waals surface area contributed by atoms with Crippen LogP contribution in [0, 0.1) is 0 Å². The average molecular weight is 133 g/mol. The number of allylic oxidation sites excluding steroid dienone is 1. The van der Waals surface area contributed by atoms with Crippen LogP contribution >= 0.6 is 0 Å². The van der Waals surface area contributed by atoms with E-state index in [1.54, 1.807) is 6.92 Å². The molecule has 3 nitrogen and oxygen atoms in total. The number of rotatable bonds is 2. The van der Waals surface area contributed by atoms with E-state index in [1.807, 2.05) is 0 Å². The number of nitrogens with two attached hydrogens (primary N) is 1. The van der Waals surface area contributed by atoms with Gasteiger partial charge in [-0.3, -0.25) is 0 Å². The number of primary amides is 1. The van der Waals surface area contributed by atoms with E-state index in [2.05, 4.69) is 10.5 Å². The van der Waals surface area contributed by atoms with E-state index in [1.165, 1.54) is 0 Å². The second-order valence-electron chi connectivity index (χ2n) is 1.34. The van der Waals surface area contributed by atoms with E-state index < -0.39 is 12.1 Å². The Morgan fingerprint density at radius 2 is 2.44 bits per heavy atom. The Morgan fingerprint density at radius 3 is 2.78 bits per heavy atom. The molecule has 0 aliphatic rings. The topological polar surface area (TPSA) is 52.3 Å². The van der Waals surface area contributed by atoms with E-state index in [9.17, 15) is 9.18 Å². The molecule has 9 heavy (non-hydrogen) atoms. The maximum absolute atomic E-state index is 12.0. The van der Waals surface area contributed by atoms with Crippen molar-refractivity contribution in [3.63, 3.8) is 0 Å². The number of carbonyl (C=O) groups is 1. The Labute approximate surface area is 52.3 Å². The van der Waals surface area contributed by atoms with Crippen LogP contribution in [-0.2, 0) is 4.74 Å². The highest BCUT2D eigenvalue weighted by Gasteiger charge is 1.96. The minimum atomic E-state index is -1.13. The first kappa shape index (κ1) is 7.94. The molecule has 2 N–H and O–H groups in total. The van der Waals surface area contributed by atoms with Gasteiger partial charge in [0.2, 0.25) is 0 Å². The third-order valence-electron chi connectivity index (χ3n) is 0.563. The van der Waals surface area contributed by atoms with E-state index in [0.29, 0.717) is 6.42 Å². The smallest absolute Gasteiger partial charge is 0.383 e. The van der Waals surface area contributed by atoms with Crippen LogP contribution in [0.4, 0.5) is 9.18 Å². The molecular weight excluding hydrogens is 125 g/mol. The maximum Gasteiger partial charge on any atom is 0.411 e. The standard InChI is InChI=1S/C5H8FNO2/c1-2-3-4(6)9-5(7)8/h3H,2H2,1H3,(H2,7,8)/b4-3+. The molecule has 0 aliphatic carbocycles. The summed E-state index contributed by atoms with van der Waals surface area (Å²) in [7, 11) is 0. The number of ether oxygens (including phenoxy) is 1. The van der Waals surface area contributed by atoms with Gasteiger partial charge >= 0.3 is 6.09 Å². The lowest BCUT2D eigenvalue weighted by atomic mass is 10.5. The van der Waals surface area contributed by atoms with Gasteiger partial charge in [0.15, 0.2) is 0 Å². The summed E-state index contributed by atoms with van der Waals surface area (Å²) in [5.74, 6) is 0. The molecule has 0 rings (SSSR count). The summed E-state index contributed by atoms with van der Waals surface area (Å²) in [5.41, 5.74) is 4.48. The van der Waals surface area contributed by atoms with E-state index in [-0.39, 0.29) is 0 Å². The molecule has 0 atom stereocenters. The van der Waals surface area contributed by atoms with Crippen LogP contribution < -0.4 is 5.73 Å². The number of amides is 1. The molecule has 0 fully saturated rings. The number of halogens is 1. The lowest BCUT2D eigenvalue weighted by molar-refractivity contribution is 0.161. The molecule has 0 bridgehead atoms. The second-order valence-corrected chi connectivity index (χ2v) is 1.34. The van der Waals surface area contributed by atoms with Gasteiger partial charge < -0.3 is 10.5 Å². The van der Waals surface area contributed by atoms with Crippen molar-refractivity contribution >= 4 is 6.09 Å². The van der Waals surface area contributed by atoms with Gasteiger partial charge in [0.05, 0.1) is 0 Å². The van der Waals surface area contributed by atoms with Gasteiger partial charge in [0.25, 0.3) is 6.01 Å². The Bertz CT molecular complexity index is 133. The van der Waals surface area contributed by atoms with Crippen molar-refractivity contribution in [2.75, 3.05) is 0 Å². The Hall–Kier alpha value is -1.06. The van der Waals surface area contributed by atoms with Gasteiger partial charge in [0, 0.05) is 0 Å². The van der Waals surface area contributed by atoms with Gasteiger partial charge in [0.1, 0.15) is 0 Å². The van der Waals surface area contributed by atoms with Gasteiger partial charge in [-0.25, -0.2) is 4.79 Å². The molecule has 52 valence electrons. The Kier molecular flexibility index (Phi) is 3.43. The fourth-order valence-electron chi connectivity index (χ4n) is 0.298. The largest absolute Gasteiger partial charge is 0.411 e. The predicted molar refractivity (Wildman–Crippen MR) is 30.2 cm³/mol. The van der Waals surface area contributed by atoms with Crippen molar-refractivity contribution in [1.82, 2.24) is 0 Å². The van der Waals surface area contributed by atoms with Crippen LogP contribution in [0.2, 0.25) is 0 Å². The molecule has 0 aliphatic heterocycles. The van der Waals surface area contributed by atoms with E-state index in [4.69, 9.17) is 0 Å². The fourth-order valence-corrected chi connectivity index (χ4v) is 0.298. The van der Waals surface area contributed by atoms with Crippen molar-refractivity contribution in [2.24, 2.45) is 5.73 Å². The molecule has 0 aromatic heterocycles. The normalized spacial score (nSPS) is 11.1. The first-order chi connectivity index (χ1) is 4.16. The number of carbonyl (C=O) groups excluding carboxylic acids is 1. The number of hydrogen-bond donors (Lipinski definition) is 1. The fraction of sp³-hybridized carbons (Fsp3) is 0.400. The average Bonchev–Trinajstić information content (AvgIpc) is 1.63. The molecule has 0 unspecified atom stereocenters. The maximum atomic E-state index is 12.0. The first-order valence-corrected chi connectivity index (χ1v) is 2.49. The van der Waals surface area contributed by atoms with Crippen LogP contribution in [-0.4, -0.2) is 6.09 Å². The van der Waals surface area contributed by atoms with Crippen LogP contribution in [0.1, 0.15) is 13.3 Å². The monoisotopic (exact) mass is 133 g/mol. The minimum Gasteiger partial charge on any atom is -0.383 e. The van der Waals surface area contributed by atoms with Crippen LogP contribution in [0.25, 0.3) is 0 Å². The predicted octanol–water partition coefficient (Wildman–Crippen LogP) is 1.30. The quantitative estimate of drug-likeness (QED) is 0.577. The lowest BCUT2D eigenvalue weighted by Gasteiger charge is -1.92. The van der Waals surface area contributed by atoms with Gasteiger partial charge in [-0.1, -0.05) is 6.92 Å². The zero-order valence-corrected chi connectivity index (χ0v) is 5.06. The molecule has 0 radical (unpaired) electrons. The van der Waals surface area contributed by atoms with Crippen LogP contribution in [0.5, 0.6) is 0 Å². The number of hydrogen-bond acceptors (Lipinski definition) is 2. The Balaban J connectivity index is 3.62. The van der Waals surface area contributed by atoms with E-state index >= 15 is 0 Å². The summed E-state index contributed by atoms with van der Waals surface area (Å²) in [6.07, 6.45) is 0.460. The van der Waals surface area contributed by atoms with Crippen molar-refractivity contribution in [3.05, 3.63) is 12.1 Å². The zero-order valence-electron chi connectivity index (χ0n) is 5.06. The second kappa shape index (κ2) is 3.88.